The van der Waals surface area contributed by atoms with Crippen molar-refractivity contribution >= 4 is 43.4 Å². The number of aryl methyl sites for hydroxylation is 2. The molecule has 0 amide bonds. The van der Waals surface area contributed by atoms with E-state index in [1.54, 1.807) is 0 Å². The van der Waals surface area contributed by atoms with Crippen molar-refractivity contribution in [2.75, 3.05) is 0 Å². The largest absolute Gasteiger partial charge is 0.292 e. The van der Waals surface area contributed by atoms with E-state index in [0.717, 1.165) is 28.1 Å². The Kier molecular flexibility index (Phi) is 5.66. The van der Waals surface area contributed by atoms with E-state index in [4.69, 9.17) is 4.98 Å². The van der Waals surface area contributed by atoms with Crippen molar-refractivity contribution in [2.24, 2.45) is 0 Å². The summed E-state index contributed by atoms with van der Waals surface area (Å²) in [5.41, 5.74) is 12.0. The Bertz CT molecular complexity index is 2540. The summed E-state index contributed by atoms with van der Waals surface area (Å²) in [5, 5.41) is 7.88. The number of fused-ring (bicyclic) bond motifs is 1. The van der Waals surface area contributed by atoms with Crippen molar-refractivity contribution in [1.29, 1.82) is 0 Å². The van der Waals surface area contributed by atoms with Gasteiger partial charge in [0.05, 0.1) is 11.0 Å². The van der Waals surface area contributed by atoms with Gasteiger partial charge in [0.1, 0.15) is 5.82 Å². The molecule has 9 aromatic rings. The van der Waals surface area contributed by atoms with Crippen LogP contribution in [0.3, 0.4) is 0 Å². The van der Waals surface area contributed by atoms with Crippen LogP contribution in [-0.2, 0) is 0 Å². The first-order valence-corrected chi connectivity index (χ1v) is 15.6. The van der Waals surface area contributed by atoms with Crippen LogP contribution in [0.25, 0.3) is 82.7 Å². The van der Waals surface area contributed by atoms with E-state index in [1.807, 2.05) is 0 Å². The summed E-state index contributed by atoms with van der Waals surface area (Å²) in [6.07, 6.45) is 0. The second-order valence-electron chi connectivity index (χ2n) is 12.1. The molecule has 1 aromatic heterocycles. The monoisotopic (exact) mass is 574 g/mol. The number of rotatable bonds is 4. The number of benzene rings is 8. The van der Waals surface area contributed by atoms with Crippen molar-refractivity contribution < 1.29 is 0 Å². The fraction of sp³-hybridized carbons (Fsp3) is 0.0465. The average Bonchev–Trinajstić information content (AvgIpc) is 3.48. The van der Waals surface area contributed by atoms with Crippen molar-refractivity contribution in [3.63, 3.8) is 0 Å². The summed E-state index contributed by atoms with van der Waals surface area (Å²) in [4.78, 5) is 5.08. The van der Waals surface area contributed by atoms with Crippen LogP contribution in [0.1, 0.15) is 11.1 Å². The van der Waals surface area contributed by atoms with E-state index in [2.05, 4.69) is 164 Å². The third-order valence-corrected chi connectivity index (χ3v) is 9.42. The first kappa shape index (κ1) is 25.7. The van der Waals surface area contributed by atoms with Gasteiger partial charge < -0.3 is 0 Å². The van der Waals surface area contributed by atoms with Gasteiger partial charge in [-0.15, -0.1) is 0 Å². The molecule has 1 heterocycles. The molecule has 2 heteroatoms. The van der Waals surface area contributed by atoms with E-state index in [9.17, 15) is 0 Å². The van der Waals surface area contributed by atoms with Gasteiger partial charge in [-0.3, -0.25) is 4.57 Å². The first-order chi connectivity index (χ1) is 22.2. The van der Waals surface area contributed by atoms with Crippen LogP contribution in [0.4, 0.5) is 0 Å². The first-order valence-electron chi connectivity index (χ1n) is 15.6. The molecule has 0 aliphatic carbocycles. The Morgan fingerprint density at radius 2 is 1.16 bits per heavy atom. The van der Waals surface area contributed by atoms with Crippen LogP contribution in [-0.4, -0.2) is 9.55 Å². The number of nitrogens with zero attached hydrogens (tertiary/aromatic N) is 2. The fourth-order valence-electron chi connectivity index (χ4n) is 7.34. The third kappa shape index (κ3) is 3.92. The minimum atomic E-state index is 0.948. The minimum absolute atomic E-state index is 0.948. The van der Waals surface area contributed by atoms with Gasteiger partial charge in [0.2, 0.25) is 0 Å². The SMILES string of the molecule is Cc1ccccc1-c1c(C)cc2ccc3c(-c4ccc(-c5nc6ccccc6n5-c5ccccc5)cc4)ccc4ccc1c2c43. The lowest BCUT2D eigenvalue weighted by atomic mass is 9.84. The van der Waals surface area contributed by atoms with Crippen molar-refractivity contribution in [3.05, 3.63) is 157 Å². The number of para-hydroxylation sites is 3. The zero-order valence-corrected chi connectivity index (χ0v) is 25.3. The standard InChI is InChI=1S/C43H30N2/c1-27-10-6-7-13-34(27)40-28(2)26-32-22-24-36-35(23-20-30-21-25-37(40)42(32)41(30)36)29-16-18-31(19-17-29)43-44-38-14-8-9-15-39(38)45(43)33-11-4-3-5-12-33/h3-26H,1-2H3. The van der Waals surface area contributed by atoms with Crippen LogP contribution in [0.2, 0.25) is 0 Å². The quantitative estimate of drug-likeness (QED) is 0.191. The van der Waals surface area contributed by atoms with Crippen LogP contribution in [0.5, 0.6) is 0 Å². The zero-order chi connectivity index (χ0) is 30.1. The molecular weight excluding hydrogens is 544 g/mol. The van der Waals surface area contributed by atoms with E-state index in [-0.39, 0.29) is 0 Å². The number of hydrogen-bond acceptors (Lipinski definition) is 1. The maximum absolute atomic E-state index is 5.08. The average molecular weight is 575 g/mol. The molecule has 0 radical (unpaired) electrons. The summed E-state index contributed by atoms with van der Waals surface area (Å²) >= 11 is 0. The molecule has 8 aromatic carbocycles. The predicted octanol–water partition coefficient (Wildman–Crippen LogP) is 11.5. The Balaban J connectivity index is 1.22. The van der Waals surface area contributed by atoms with Crippen LogP contribution >= 0.6 is 0 Å². The molecular formula is C43H30N2. The highest BCUT2D eigenvalue weighted by molar-refractivity contribution is 6.28. The maximum atomic E-state index is 5.08. The molecule has 0 N–H and O–H groups in total. The van der Waals surface area contributed by atoms with E-state index in [1.165, 1.54) is 65.7 Å². The highest BCUT2D eigenvalue weighted by atomic mass is 15.1. The molecule has 0 spiro atoms. The molecule has 0 aliphatic heterocycles. The fourth-order valence-corrected chi connectivity index (χ4v) is 7.34. The lowest BCUT2D eigenvalue weighted by Crippen LogP contribution is -1.97. The summed E-state index contributed by atoms with van der Waals surface area (Å²) in [6.45, 7) is 4.46. The lowest BCUT2D eigenvalue weighted by Gasteiger charge is -2.19. The lowest BCUT2D eigenvalue weighted by molar-refractivity contribution is 1.10. The number of imidazole rings is 1. The second kappa shape index (κ2) is 9.90. The van der Waals surface area contributed by atoms with Crippen molar-refractivity contribution in [1.82, 2.24) is 9.55 Å². The summed E-state index contributed by atoms with van der Waals surface area (Å²) in [7, 11) is 0. The molecule has 0 bridgehead atoms. The van der Waals surface area contributed by atoms with Gasteiger partial charge in [-0.25, -0.2) is 4.98 Å². The highest BCUT2D eigenvalue weighted by Crippen LogP contribution is 2.44. The van der Waals surface area contributed by atoms with Crippen LogP contribution < -0.4 is 0 Å². The Labute approximate surface area is 262 Å². The summed E-state index contributed by atoms with van der Waals surface area (Å²) < 4.78 is 2.26. The zero-order valence-electron chi connectivity index (χ0n) is 25.3. The molecule has 45 heavy (non-hydrogen) atoms. The molecule has 0 atom stereocenters. The van der Waals surface area contributed by atoms with Crippen molar-refractivity contribution in [2.45, 2.75) is 13.8 Å². The molecule has 0 fully saturated rings. The number of aromatic nitrogens is 2. The van der Waals surface area contributed by atoms with Crippen LogP contribution in [0.15, 0.2) is 146 Å². The van der Waals surface area contributed by atoms with Gasteiger partial charge in [-0.2, -0.15) is 0 Å². The smallest absolute Gasteiger partial charge is 0.145 e. The van der Waals surface area contributed by atoms with Crippen LogP contribution in [0, 0.1) is 13.8 Å². The van der Waals surface area contributed by atoms with Gasteiger partial charge in [0.15, 0.2) is 0 Å². The minimum Gasteiger partial charge on any atom is -0.292 e. The molecule has 0 unspecified atom stereocenters. The molecule has 0 aliphatic rings. The van der Waals surface area contributed by atoms with Gasteiger partial charge in [-0.05, 0) is 104 Å². The van der Waals surface area contributed by atoms with Gasteiger partial charge in [0, 0.05) is 11.3 Å². The topological polar surface area (TPSA) is 17.8 Å². The van der Waals surface area contributed by atoms with Gasteiger partial charge in [0.25, 0.3) is 0 Å². The Morgan fingerprint density at radius 3 is 2.00 bits per heavy atom. The molecule has 2 nitrogen and oxygen atoms in total. The van der Waals surface area contributed by atoms with E-state index < -0.39 is 0 Å². The second-order valence-corrected chi connectivity index (χ2v) is 12.1. The normalized spacial score (nSPS) is 11.8. The van der Waals surface area contributed by atoms with E-state index >= 15 is 0 Å². The number of hydrogen-bond donors (Lipinski definition) is 0. The predicted molar refractivity (Wildman–Crippen MR) is 191 cm³/mol. The highest BCUT2D eigenvalue weighted by Gasteiger charge is 2.18. The summed E-state index contributed by atoms with van der Waals surface area (Å²) in [6, 6.07) is 52.7. The Morgan fingerprint density at radius 1 is 0.489 bits per heavy atom. The van der Waals surface area contributed by atoms with Crippen molar-refractivity contribution in [3.8, 4) is 39.3 Å². The van der Waals surface area contributed by atoms with E-state index in [0.29, 0.717) is 0 Å². The molecule has 0 saturated heterocycles. The summed E-state index contributed by atoms with van der Waals surface area (Å²) in [5.74, 6) is 0.948. The van der Waals surface area contributed by atoms with Gasteiger partial charge in [-0.1, -0.05) is 121 Å². The van der Waals surface area contributed by atoms with Gasteiger partial charge >= 0.3 is 0 Å². The molecule has 0 saturated carbocycles. The Hall–Kier alpha value is -5.73. The third-order valence-electron chi connectivity index (χ3n) is 9.42. The maximum Gasteiger partial charge on any atom is 0.145 e. The molecule has 212 valence electrons. The molecule has 9 rings (SSSR count).